The number of hydrogen-bond donors (Lipinski definition) is 3. The quantitative estimate of drug-likeness (QED) is 0.383. The molecule has 7 nitrogen and oxygen atoms in total. The molecule has 0 aromatic heterocycles. The van der Waals surface area contributed by atoms with Crippen LogP contribution in [-0.4, -0.2) is 37.5 Å². The van der Waals surface area contributed by atoms with E-state index in [1.807, 2.05) is 6.92 Å². The van der Waals surface area contributed by atoms with Gasteiger partial charge in [-0.15, -0.1) is 12.4 Å². The Morgan fingerprint density at radius 3 is 2.62 bits per heavy atom. The molecule has 1 aromatic rings. The summed E-state index contributed by atoms with van der Waals surface area (Å²) in [7, 11) is 1.79. The Labute approximate surface area is 130 Å². The monoisotopic (exact) mass is 316 g/mol. The molecule has 0 aliphatic heterocycles. The molecule has 0 heterocycles. The second kappa shape index (κ2) is 9.95. The Bertz CT molecular complexity index is 470. The fourth-order valence-electron chi connectivity index (χ4n) is 1.74. The normalized spacial score (nSPS) is 11.1. The number of carbonyl (C=O) groups excluding carboxylic acids is 1. The zero-order chi connectivity index (χ0) is 15.0. The van der Waals surface area contributed by atoms with Crippen LogP contribution in [0.15, 0.2) is 24.3 Å². The molecule has 1 aromatic carbocycles. The summed E-state index contributed by atoms with van der Waals surface area (Å²) in [5.74, 6) is -0.144. The van der Waals surface area contributed by atoms with Crippen molar-refractivity contribution in [1.29, 1.82) is 0 Å². The Hall–Kier alpha value is -1.86. The predicted octanol–water partition coefficient (Wildman–Crippen LogP) is 1.40. The summed E-state index contributed by atoms with van der Waals surface area (Å²) in [6.07, 6.45) is 0. The SMILES string of the molecule is CNCC(C)C(=O)NCCNc1ccccc1[N+](=O)[O-].Cl. The highest BCUT2D eigenvalue weighted by atomic mass is 35.5. The summed E-state index contributed by atoms with van der Waals surface area (Å²) in [4.78, 5) is 22.0. The van der Waals surface area contributed by atoms with Crippen LogP contribution in [0.1, 0.15) is 6.92 Å². The minimum atomic E-state index is -0.435. The molecule has 8 heteroatoms. The molecule has 0 aliphatic rings. The van der Waals surface area contributed by atoms with Crippen molar-refractivity contribution in [3.8, 4) is 0 Å². The van der Waals surface area contributed by atoms with Crippen LogP contribution in [0.25, 0.3) is 0 Å². The number of para-hydroxylation sites is 2. The number of nitrogens with one attached hydrogen (secondary N) is 3. The van der Waals surface area contributed by atoms with E-state index in [9.17, 15) is 14.9 Å². The first-order chi connectivity index (χ1) is 9.56. The number of benzene rings is 1. The largest absolute Gasteiger partial charge is 0.378 e. The number of nitrogens with zero attached hydrogens (tertiary/aromatic N) is 1. The van der Waals surface area contributed by atoms with Crippen molar-refractivity contribution in [3.05, 3.63) is 34.4 Å². The van der Waals surface area contributed by atoms with Crippen molar-refractivity contribution in [2.24, 2.45) is 5.92 Å². The third-order valence-corrected chi connectivity index (χ3v) is 2.80. The highest BCUT2D eigenvalue weighted by Gasteiger charge is 2.12. The number of carbonyl (C=O) groups is 1. The van der Waals surface area contributed by atoms with Gasteiger partial charge >= 0.3 is 0 Å². The van der Waals surface area contributed by atoms with Gasteiger partial charge < -0.3 is 16.0 Å². The zero-order valence-electron chi connectivity index (χ0n) is 12.1. The van der Waals surface area contributed by atoms with Crippen LogP contribution in [0.3, 0.4) is 0 Å². The van der Waals surface area contributed by atoms with Crippen LogP contribution in [0, 0.1) is 16.0 Å². The van der Waals surface area contributed by atoms with Gasteiger partial charge in [-0.2, -0.15) is 0 Å². The van der Waals surface area contributed by atoms with Crippen LogP contribution >= 0.6 is 12.4 Å². The van der Waals surface area contributed by atoms with Gasteiger partial charge in [0.1, 0.15) is 5.69 Å². The van der Waals surface area contributed by atoms with Gasteiger partial charge in [0.2, 0.25) is 5.91 Å². The average Bonchev–Trinajstić information content (AvgIpc) is 2.43. The van der Waals surface area contributed by atoms with Crippen molar-refractivity contribution in [2.45, 2.75) is 6.92 Å². The van der Waals surface area contributed by atoms with Crippen LogP contribution in [0.2, 0.25) is 0 Å². The van der Waals surface area contributed by atoms with Crippen molar-refractivity contribution in [3.63, 3.8) is 0 Å². The molecule has 0 fully saturated rings. The lowest BCUT2D eigenvalue weighted by Gasteiger charge is -2.12. The minimum absolute atomic E-state index is 0. The van der Waals surface area contributed by atoms with Gasteiger partial charge in [0, 0.05) is 31.6 Å². The standard InChI is InChI=1S/C13H20N4O3.ClH/c1-10(9-14-2)13(18)16-8-7-15-11-5-3-4-6-12(11)17(19)20;/h3-6,10,14-15H,7-9H2,1-2H3,(H,16,18);1H. The molecule has 0 radical (unpaired) electrons. The molecule has 1 rings (SSSR count). The van der Waals surface area contributed by atoms with Crippen LogP contribution in [0.5, 0.6) is 0 Å². The Morgan fingerprint density at radius 2 is 2.00 bits per heavy atom. The van der Waals surface area contributed by atoms with Gasteiger partial charge in [0.15, 0.2) is 0 Å². The maximum absolute atomic E-state index is 11.6. The number of nitro groups is 1. The Balaban J connectivity index is 0.00000400. The molecule has 1 atom stereocenters. The summed E-state index contributed by atoms with van der Waals surface area (Å²) in [6.45, 7) is 3.30. The molecule has 3 N–H and O–H groups in total. The third-order valence-electron chi connectivity index (χ3n) is 2.80. The van der Waals surface area contributed by atoms with Gasteiger partial charge in [-0.1, -0.05) is 19.1 Å². The third kappa shape index (κ3) is 6.42. The maximum atomic E-state index is 11.6. The van der Waals surface area contributed by atoms with E-state index in [0.717, 1.165) is 0 Å². The summed E-state index contributed by atoms with van der Waals surface area (Å²) in [6, 6.07) is 6.42. The predicted molar refractivity (Wildman–Crippen MR) is 84.9 cm³/mol. The average molecular weight is 317 g/mol. The summed E-state index contributed by atoms with van der Waals surface area (Å²) < 4.78 is 0. The lowest BCUT2D eigenvalue weighted by Crippen LogP contribution is -2.36. The highest BCUT2D eigenvalue weighted by molar-refractivity contribution is 5.85. The first-order valence-electron chi connectivity index (χ1n) is 6.46. The summed E-state index contributed by atoms with van der Waals surface area (Å²) >= 11 is 0. The van der Waals surface area contributed by atoms with Crippen molar-refractivity contribution in [1.82, 2.24) is 10.6 Å². The fourth-order valence-corrected chi connectivity index (χ4v) is 1.74. The molecule has 21 heavy (non-hydrogen) atoms. The van der Waals surface area contributed by atoms with Gasteiger partial charge in [0.25, 0.3) is 5.69 Å². The fraction of sp³-hybridized carbons (Fsp3) is 0.462. The number of rotatable bonds is 8. The molecule has 1 amide bonds. The topological polar surface area (TPSA) is 96.3 Å². The molecular weight excluding hydrogens is 296 g/mol. The van der Waals surface area contributed by atoms with E-state index in [-0.39, 0.29) is 29.9 Å². The van der Waals surface area contributed by atoms with Crippen molar-refractivity contribution >= 4 is 29.7 Å². The number of halogens is 1. The van der Waals surface area contributed by atoms with Gasteiger partial charge in [0.05, 0.1) is 4.92 Å². The van der Waals surface area contributed by atoms with E-state index in [1.165, 1.54) is 6.07 Å². The molecule has 0 spiro atoms. The van der Waals surface area contributed by atoms with E-state index in [1.54, 1.807) is 25.2 Å². The summed E-state index contributed by atoms with van der Waals surface area (Å²) in [5.41, 5.74) is 0.484. The van der Waals surface area contributed by atoms with E-state index < -0.39 is 4.92 Å². The molecule has 0 saturated heterocycles. The van der Waals surface area contributed by atoms with Crippen LogP contribution in [0.4, 0.5) is 11.4 Å². The number of hydrogen-bond acceptors (Lipinski definition) is 5. The zero-order valence-corrected chi connectivity index (χ0v) is 12.9. The lowest BCUT2D eigenvalue weighted by atomic mass is 10.1. The second-order valence-corrected chi connectivity index (χ2v) is 4.45. The van der Waals surface area contributed by atoms with Gasteiger partial charge in [-0.05, 0) is 13.1 Å². The maximum Gasteiger partial charge on any atom is 0.292 e. The molecule has 0 bridgehead atoms. The first kappa shape index (κ1) is 19.1. The molecular formula is C13H21ClN4O3. The first-order valence-corrected chi connectivity index (χ1v) is 6.46. The van der Waals surface area contributed by atoms with E-state index in [0.29, 0.717) is 25.3 Å². The summed E-state index contributed by atoms with van der Waals surface area (Å²) in [5, 5.41) is 19.5. The number of nitro benzene ring substituents is 1. The van der Waals surface area contributed by atoms with E-state index in [4.69, 9.17) is 0 Å². The van der Waals surface area contributed by atoms with Crippen molar-refractivity contribution < 1.29 is 9.72 Å². The molecule has 1 unspecified atom stereocenters. The van der Waals surface area contributed by atoms with Gasteiger partial charge in [-0.3, -0.25) is 14.9 Å². The van der Waals surface area contributed by atoms with E-state index >= 15 is 0 Å². The highest BCUT2D eigenvalue weighted by Crippen LogP contribution is 2.22. The van der Waals surface area contributed by atoms with Gasteiger partial charge in [-0.25, -0.2) is 0 Å². The van der Waals surface area contributed by atoms with Crippen molar-refractivity contribution in [2.75, 3.05) is 32.0 Å². The second-order valence-electron chi connectivity index (χ2n) is 4.45. The lowest BCUT2D eigenvalue weighted by molar-refractivity contribution is -0.384. The molecule has 0 saturated carbocycles. The minimum Gasteiger partial charge on any atom is -0.378 e. The Morgan fingerprint density at radius 1 is 1.33 bits per heavy atom. The van der Waals surface area contributed by atoms with Crippen LogP contribution < -0.4 is 16.0 Å². The number of amides is 1. The van der Waals surface area contributed by atoms with Crippen LogP contribution in [-0.2, 0) is 4.79 Å². The smallest absolute Gasteiger partial charge is 0.292 e. The Kier molecular flexibility index (Phi) is 9.07. The van der Waals surface area contributed by atoms with E-state index in [2.05, 4.69) is 16.0 Å². The number of anilines is 1. The molecule has 118 valence electrons. The molecule has 0 aliphatic carbocycles.